The van der Waals surface area contributed by atoms with Crippen molar-refractivity contribution in [2.24, 2.45) is 5.92 Å². The van der Waals surface area contributed by atoms with Crippen LogP contribution in [0.5, 0.6) is 0 Å². The molecule has 1 aliphatic heterocycles. The first-order valence-electron chi connectivity index (χ1n) is 8.04. The van der Waals surface area contributed by atoms with Gasteiger partial charge in [0.25, 0.3) is 0 Å². The van der Waals surface area contributed by atoms with Crippen molar-refractivity contribution < 1.29 is 4.79 Å². The van der Waals surface area contributed by atoms with Gasteiger partial charge in [-0.3, -0.25) is 4.79 Å². The van der Waals surface area contributed by atoms with Crippen LogP contribution in [0.25, 0.3) is 0 Å². The van der Waals surface area contributed by atoms with E-state index in [-0.39, 0.29) is 11.7 Å². The Balaban J connectivity index is 1.50. The molecule has 2 heterocycles. The van der Waals surface area contributed by atoms with Gasteiger partial charge in [-0.25, -0.2) is 4.68 Å². The fraction of sp³-hybridized carbons (Fsp3) is 0.438. The van der Waals surface area contributed by atoms with Crippen LogP contribution in [0.2, 0.25) is 0 Å². The van der Waals surface area contributed by atoms with Crippen LogP contribution in [0, 0.1) is 5.92 Å². The van der Waals surface area contributed by atoms with Gasteiger partial charge < -0.3 is 16.1 Å². The van der Waals surface area contributed by atoms with Crippen molar-refractivity contribution >= 4 is 29.0 Å². The number of piperidine rings is 1. The lowest BCUT2D eigenvalue weighted by atomic mass is 9.99. The van der Waals surface area contributed by atoms with Crippen molar-refractivity contribution in [3.63, 3.8) is 0 Å². The number of hydrogen-bond donors (Lipinski definition) is 2. The highest BCUT2D eigenvalue weighted by molar-refractivity contribution is 7.99. The molecule has 1 amide bonds. The number of anilines is 2. The first-order chi connectivity index (χ1) is 11.6. The molecular formula is C16H22N6OS. The fourth-order valence-electron chi connectivity index (χ4n) is 2.68. The Kier molecular flexibility index (Phi) is 5.24. The van der Waals surface area contributed by atoms with Crippen molar-refractivity contribution in [2.75, 3.05) is 34.9 Å². The van der Waals surface area contributed by atoms with E-state index < -0.39 is 0 Å². The molecule has 3 N–H and O–H groups in total. The Morgan fingerprint density at radius 3 is 2.67 bits per heavy atom. The first-order valence-corrected chi connectivity index (χ1v) is 9.03. The second kappa shape index (κ2) is 7.57. The quantitative estimate of drug-likeness (QED) is 0.635. The lowest BCUT2D eigenvalue weighted by molar-refractivity contribution is -0.113. The second-order valence-electron chi connectivity index (χ2n) is 6.07. The molecule has 3 rings (SSSR count). The number of nitrogens with two attached hydrogens (primary N) is 1. The third-order valence-corrected chi connectivity index (χ3v) is 5.13. The molecule has 24 heavy (non-hydrogen) atoms. The predicted octanol–water partition coefficient (Wildman–Crippen LogP) is 1.96. The maximum Gasteiger partial charge on any atom is 0.234 e. The largest absolute Gasteiger partial charge is 0.372 e. The van der Waals surface area contributed by atoms with Crippen LogP contribution in [0.3, 0.4) is 0 Å². The van der Waals surface area contributed by atoms with E-state index in [9.17, 15) is 4.79 Å². The summed E-state index contributed by atoms with van der Waals surface area (Å²) in [6.07, 6.45) is 3.88. The maximum absolute atomic E-state index is 12.0. The molecule has 7 nitrogen and oxygen atoms in total. The van der Waals surface area contributed by atoms with Crippen molar-refractivity contribution in [1.29, 1.82) is 0 Å². The number of hydrogen-bond acceptors (Lipinski definition) is 6. The lowest BCUT2D eigenvalue weighted by Gasteiger charge is -2.32. The van der Waals surface area contributed by atoms with E-state index in [1.165, 1.54) is 41.3 Å². The third kappa shape index (κ3) is 4.19. The number of benzene rings is 1. The van der Waals surface area contributed by atoms with Crippen LogP contribution >= 0.6 is 11.8 Å². The normalized spacial score (nSPS) is 15.5. The van der Waals surface area contributed by atoms with Crippen LogP contribution in [-0.2, 0) is 4.79 Å². The van der Waals surface area contributed by atoms with Gasteiger partial charge in [0.1, 0.15) is 6.33 Å². The molecule has 0 bridgehead atoms. The third-order valence-electron chi connectivity index (χ3n) is 4.17. The summed E-state index contributed by atoms with van der Waals surface area (Å²) in [6.45, 7) is 4.51. The Morgan fingerprint density at radius 2 is 2.04 bits per heavy atom. The van der Waals surface area contributed by atoms with Crippen molar-refractivity contribution in [2.45, 2.75) is 24.9 Å². The summed E-state index contributed by atoms with van der Waals surface area (Å²) in [5.74, 6) is 6.57. The lowest BCUT2D eigenvalue weighted by Crippen LogP contribution is -2.32. The minimum atomic E-state index is -0.0949. The average molecular weight is 346 g/mol. The van der Waals surface area contributed by atoms with Gasteiger partial charge in [-0.15, -0.1) is 10.2 Å². The summed E-state index contributed by atoms with van der Waals surface area (Å²) in [5, 5.41) is 10.9. The Bertz CT molecular complexity index is 678. The predicted molar refractivity (Wildman–Crippen MR) is 96.6 cm³/mol. The van der Waals surface area contributed by atoms with E-state index in [0.717, 1.165) is 24.7 Å². The average Bonchev–Trinajstić information content (AvgIpc) is 3.00. The summed E-state index contributed by atoms with van der Waals surface area (Å²) in [4.78, 5) is 14.4. The number of nitrogen functional groups attached to an aromatic ring is 1. The number of thioether (sulfide) groups is 1. The highest BCUT2D eigenvalue weighted by Crippen LogP contribution is 2.24. The number of aromatic nitrogens is 3. The van der Waals surface area contributed by atoms with Gasteiger partial charge in [0.15, 0.2) is 0 Å². The maximum atomic E-state index is 12.0. The summed E-state index contributed by atoms with van der Waals surface area (Å²) in [6, 6.07) is 8.02. The smallest absolute Gasteiger partial charge is 0.234 e. The molecule has 8 heteroatoms. The number of carbonyl (C=O) groups excluding carboxylic acids is 1. The molecule has 1 aromatic carbocycles. The summed E-state index contributed by atoms with van der Waals surface area (Å²) in [7, 11) is 0. The van der Waals surface area contributed by atoms with Gasteiger partial charge in [0.05, 0.1) is 5.75 Å². The minimum absolute atomic E-state index is 0.0949. The van der Waals surface area contributed by atoms with Crippen LogP contribution in [-0.4, -0.2) is 39.6 Å². The first kappa shape index (κ1) is 16.6. The Labute approximate surface area is 145 Å². The van der Waals surface area contributed by atoms with Gasteiger partial charge in [0.2, 0.25) is 11.1 Å². The highest BCUT2D eigenvalue weighted by Gasteiger charge is 2.16. The number of amides is 1. The fourth-order valence-corrected chi connectivity index (χ4v) is 3.32. The molecule has 0 spiro atoms. The van der Waals surface area contributed by atoms with E-state index in [1.807, 2.05) is 12.1 Å². The van der Waals surface area contributed by atoms with Gasteiger partial charge in [-0.2, -0.15) is 0 Å². The van der Waals surface area contributed by atoms with E-state index in [2.05, 4.69) is 39.5 Å². The van der Waals surface area contributed by atoms with Crippen molar-refractivity contribution in [3.8, 4) is 0 Å². The van der Waals surface area contributed by atoms with Crippen LogP contribution < -0.4 is 16.1 Å². The van der Waals surface area contributed by atoms with Crippen LogP contribution in [0.15, 0.2) is 35.7 Å². The molecule has 1 fully saturated rings. The summed E-state index contributed by atoms with van der Waals surface area (Å²) < 4.78 is 1.30. The highest BCUT2D eigenvalue weighted by atomic mass is 32.2. The molecule has 0 radical (unpaired) electrons. The standard InChI is InChI=1S/C16H22N6OS/c1-12-6-8-21(9-7-12)14-4-2-13(3-5-14)19-15(23)10-24-16-20-18-11-22(16)17/h2-5,11-12H,6-10,17H2,1H3,(H,19,23). The minimum Gasteiger partial charge on any atom is -0.372 e. The molecule has 0 saturated carbocycles. The van der Waals surface area contributed by atoms with E-state index in [1.54, 1.807) is 0 Å². The van der Waals surface area contributed by atoms with Crippen LogP contribution in [0.4, 0.5) is 11.4 Å². The molecule has 2 aromatic rings. The zero-order valence-electron chi connectivity index (χ0n) is 13.7. The van der Waals surface area contributed by atoms with Crippen LogP contribution in [0.1, 0.15) is 19.8 Å². The summed E-state index contributed by atoms with van der Waals surface area (Å²) >= 11 is 1.25. The van der Waals surface area contributed by atoms with Crippen molar-refractivity contribution in [1.82, 2.24) is 14.9 Å². The SMILES string of the molecule is CC1CCN(c2ccc(NC(=O)CSc3nncn3N)cc2)CC1. The van der Waals surface area contributed by atoms with Gasteiger partial charge in [0, 0.05) is 24.5 Å². The zero-order chi connectivity index (χ0) is 16.9. The summed E-state index contributed by atoms with van der Waals surface area (Å²) in [5.41, 5.74) is 2.01. The van der Waals surface area contributed by atoms with Gasteiger partial charge in [-0.1, -0.05) is 18.7 Å². The molecule has 0 unspecified atom stereocenters. The second-order valence-corrected chi connectivity index (χ2v) is 7.02. The molecule has 0 atom stereocenters. The molecule has 1 saturated heterocycles. The monoisotopic (exact) mass is 346 g/mol. The topological polar surface area (TPSA) is 89.1 Å². The molecular weight excluding hydrogens is 324 g/mol. The Hall–Kier alpha value is -2.22. The molecule has 1 aromatic heterocycles. The number of carbonyl (C=O) groups is 1. The number of rotatable bonds is 5. The van der Waals surface area contributed by atoms with E-state index >= 15 is 0 Å². The Morgan fingerprint density at radius 1 is 1.33 bits per heavy atom. The van der Waals surface area contributed by atoms with Crippen molar-refractivity contribution in [3.05, 3.63) is 30.6 Å². The number of nitrogens with zero attached hydrogens (tertiary/aromatic N) is 4. The van der Waals surface area contributed by atoms with Gasteiger partial charge >= 0.3 is 0 Å². The molecule has 1 aliphatic rings. The zero-order valence-corrected chi connectivity index (χ0v) is 14.5. The van der Waals surface area contributed by atoms with Gasteiger partial charge in [-0.05, 0) is 43.0 Å². The molecule has 128 valence electrons. The number of nitrogens with one attached hydrogen (secondary N) is 1. The van der Waals surface area contributed by atoms with E-state index in [0.29, 0.717) is 5.16 Å². The molecule has 0 aliphatic carbocycles. The van der Waals surface area contributed by atoms with E-state index in [4.69, 9.17) is 5.84 Å².